The van der Waals surface area contributed by atoms with Crippen LogP contribution in [0.2, 0.25) is 0 Å². The van der Waals surface area contributed by atoms with E-state index in [4.69, 9.17) is 14.7 Å². The van der Waals surface area contributed by atoms with Gasteiger partial charge in [0.2, 0.25) is 0 Å². The molecule has 84 valence electrons. The van der Waals surface area contributed by atoms with E-state index in [0.717, 1.165) is 17.1 Å². The maximum atomic E-state index is 8.63. The highest BCUT2D eigenvalue weighted by atomic mass is 16.5. The van der Waals surface area contributed by atoms with E-state index in [1.807, 2.05) is 32.0 Å². The van der Waals surface area contributed by atoms with E-state index in [1.54, 1.807) is 0 Å². The van der Waals surface area contributed by atoms with E-state index in [0.29, 0.717) is 19.8 Å². The number of ether oxygens (including phenoxy) is 2. The molecule has 0 atom stereocenters. The van der Waals surface area contributed by atoms with Crippen molar-refractivity contribution in [2.45, 2.75) is 20.4 Å². The lowest BCUT2D eigenvalue weighted by molar-refractivity contribution is 0.161. The van der Waals surface area contributed by atoms with Crippen molar-refractivity contribution in [3.63, 3.8) is 0 Å². The monoisotopic (exact) mass is 211 g/mol. The second-order valence-electron chi connectivity index (χ2n) is 3.01. The van der Waals surface area contributed by atoms with Crippen molar-refractivity contribution in [2.75, 3.05) is 13.2 Å². The Labute approximate surface area is 89.8 Å². The Morgan fingerprint density at radius 2 is 1.60 bits per heavy atom. The summed E-state index contributed by atoms with van der Waals surface area (Å²) in [5.41, 5.74) is 3.03. The quantitative estimate of drug-likeness (QED) is 0.706. The Bertz CT molecular complexity index is 242. The Morgan fingerprint density at radius 1 is 1.07 bits per heavy atom. The molecular formula is C11H17NO3. The van der Waals surface area contributed by atoms with Crippen LogP contribution in [0, 0.1) is 0 Å². The molecule has 0 saturated heterocycles. The first kappa shape index (κ1) is 11.8. The fraction of sp³-hybridized carbons (Fsp3) is 0.455. The van der Waals surface area contributed by atoms with Crippen molar-refractivity contribution in [3.05, 3.63) is 23.8 Å². The van der Waals surface area contributed by atoms with Gasteiger partial charge in [-0.05, 0) is 31.5 Å². The topological polar surface area (TPSA) is 50.7 Å². The Kier molecular flexibility index (Phi) is 4.93. The standard InChI is InChI=1S/C11H17NO3/c1-3-14-10-5-9(8-12-13)6-11(7-10)15-4-2/h5-7,12-13H,3-4,8H2,1-2H3. The first-order chi connectivity index (χ1) is 7.30. The molecule has 1 aromatic rings. The molecule has 0 saturated carbocycles. The number of hydrogen-bond acceptors (Lipinski definition) is 4. The highest BCUT2D eigenvalue weighted by Gasteiger charge is 2.02. The van der Waals surface area contributed by atoms with Gasteiger partial charge in [0.15, 0.2) is 0 Å². The highest BCUT2D eigenvalue weighted by molar-refractivity contribution is 5.38. The molecule has 1 rings (SSSR count). The number of nitrogens with one attached hydrogen (secondary N) is 1. The molecule has 4 nitrogen and oxygen atoms in total. The minimum atomic E-state index is 0.376. The summed E-state index contributed by atoms with van der Waals surface area (Å²) in [5.74, 6) is 1.52. The average molecular weight is 211 g/mol. The summed E-state index contributed by atoms with van der Waals surface area (Å²) in [7, 11) is 0. The Morgan fingerprint density at radius 3 is 2.00 bits per heavy atom. The number of benzene rings is 1. The second-order valence-corrected chi connectivity index (χ2v) is 3.01. The van der Waals surface area contributed by atoms with Gasteiger partial charge in [0.1, 0.15) is 11.5 Å². The zero-order valence-corrected chi connectivity index (χ0v) is 9.12. The van der Waals surface area contributed by atoms with Gasteiger partial charge in [0.25, 0.3) is 0 Å². The third-order valence-corrected chi connectivity index (χ3v) is 1.85. The number of hydrogen-bond donors (Lipinski definition) is 2. The molecule has 0 aliphatic carbocycles. The third-order valence-electron chi connectivity index (χ3n) is 1.85. The van der Waals surface area contributed by atoms with Crippen LogP contribution in [-0.4, -0.2) is 18.4 Å². The van der Waals surface area contributed by atoms with Crippen molar-refractivity contribution in [1.29, 1.82) is 0 Å². The third kappa shape index (κ3) is 3.77. The van der Waals surface area contributed by atoms with Crippen LogP contribution in [0.3, 0.4) is 0 Å². The molecule has 0 heterocycles. The molecule has 0 aliphatic rings. The summed E-state index contributed by atoms with van der Waals surface area (Å²) in [5, 5.41) is 8.63. The van der Waals surface area contributed by atoms with E-state index in [2.05, 4.69) is 5.48 Å². The molecule has 4 heteroatoms. The van der Waals surface area contributed by atoms with Gasteiger partial charge in [-0.15, -0.1) is 0 Å². The van der Waals surface area contributed by atoms with Crippen molar-refractivity contribution in [1.82, 2.24) is 5.48 Å². The number of rotatable bonds is 6. The summed E-state index contributed by atoms with van der Waals surface area (Å²) >= 11 is 0. The molecule has 0 aliphatic heterocycles. The number of hydroxylamine groups is 1. The summed E-state index contributed by atoms with van der Waals surface area (Å²) in [6.45, 7) is 5.46. The van der Waals surface area contributed by atoms with E-state index in [9.17, 15) is 0 Å². The molecule has 0 unspecified atom stereocenters. The maximum Gasteiger partial charge on any atom is 0.123 e. The molecule has 0 aromatic heterocycles. The van der Waals surface area contributed by atoms with Gasteiger partial charge < -0.3 is 14.7 Å². The molecule has 0 radical (unpaired) electrons. The van der Waals surface area contributed by atoms with Gasteiger partial charge in [0, 0.05) is 12.6 Å². The normalized spacial score (nSPS) is 10.1. The van der Waals surface area contributed by atoms with Crippen molar-refractivity contribution >= 4 is 0 Å². The lowest BCUT2D eigenvalue weighted by Gasteiger charge is -2.10. The summed E-state index contributed by atoms with van der Waals surface area (Å²) in [6, 6.07) is 5.58. The minimum Gasteiger partial charge on any atom is -0.494 e. The van der Waals surface area contributed by atoms with E-state index < -0.39 is 0 Å². The SMILES string of the molecule is CCOc1cc(CNO)cc(OCC)c1. The maximum absolute atomic E-state index is 8.63. The van der Waals surface area contributed by atoms with Gasteiger partial charge in [-0.1, -0.05) is 0 Å². The van der Waals surface area contributed by atoms with Crippen LogP contribution in [0.5, 0.6) is 11.5 Å². The van der Waals surface area contributed by atoms with E-state index in [-0.39, 0.29) is 0 Å². The minimum absolute atomic E-state index is 0.376. The molecule has 15 heavy (non-hydrogen) atoms. The molecule has 0 fully saturated rings. The van der Waals surface area contributed by atoms with Crippen LogP contribution in [-0.2, 0) is 6.54 Å². The van der Waals surface area contributed by atoms with Gasteiger partial charge in [0.05, 0.1) is 13.2 Å². The van der Waals surface area contributed by atoms with Gasteiger partial charge in [-0.2, -0.15) is 0 Å². The summed E-state index contributed by atoms with van der Waals surface area (Å²) in [6.07, 6.45) is 0. The van der Waals surface area contributed by atoms with Crippen LogP contribution < -0.4 is 15.0 Å². The summed E-state index contributed by atoms with van der Waals surface area (Å²) < 4.78 is 10.8. The van der Waals surface area contributed by atoms with Crippen LogP contribution in [0.4, 0.5) is 0 Å². The van der Waals surface area contributed by atoms with Gasteiger partial charge in [-0.25, -0.2) is 5.48 Å². The van der Waals surface area contributed by atoms with Gasteiger partial charge >= 0.3 is 0 Å². The second kappa shape index (κ2) is 6.27. The fourth-order valence-electron chi connectivity index (χ4n) is 1.32. The summed E-state index contributed by atoms with van der Waals surface area (Å²) in [4.78, 5) is 0. The molecule has 0 bridgehead atoms. The first-order valence-corrected chi connectivity index (χ1v) is 5.06. The molecule has 1 aromatic carbocycles. The smallest absolute Gasteiger partial charge is 0.123 e. The predicted octanol–water partition coefficient (Wildman–Crippen LogP) is 1.96. The van der Waals surface area contributed by atoms with Crippen LogP contribution in [0.1, 0.15) is 19.4 Å². The van der Waals surface area contributed by atoms with E-state index >= 15 is 0 Å². The van der Waals surface area contributed by atoms with Crippen LogP contribution >= 0.6 is 0 Å². The Hall–Kier alpha value is -1.26. The fourth-order valence-corrected chi connectivity index (χ4v) is 1.32. The van der Waals surface area contributed by atoms with Gasteiger partial charge in [-0.3, -0.25) is 0 Å². The molecule has 0 amide bonds. The molecule has 0 spiro atoms. The molecule has 2 N–H and O–H groups in total. The van der Waals surface area contributed by atoms with Crippen molar-refractivity contribution in [3.8, 4) is 11.5 Å². The zero-order chi connectivity index (χ0) is 11.1. The lowest BCUT2D eigenvalue weighted by atomic mass is 10.2. The largest absolute Gasteiger partial charge is 0.494 e. The van der Waals surface area contributed by atoms with Crippen LogP contribution in [0.25, 0.3) is 0 Å². The van der Waals surface area contributed by atoms with Crippen molar-refractivity contribution < 1.29 is 14.7 Å². The average Bonchev–Trinajstić information content (AvgIpc) is 2.19. The first-order valence-electron chi connectivity index (χ1n) is 5.06. The molecular weight excluding hydrogens is 194 g/mol. The predicted molar refractivity (Wildman–Crippen MR) is 57.4 cm³/mol. The van der Waals surface area contributed by atoms with Crippen LogP contribution in [0.15, 0.2) is 18.2 Å². The van der Waals surface area contributed by atoms with Crippen molar-refractivity contribution in [2.24, 2.45) is 0 Å². The zero-order valence-electron chi connectivity index (χ0n) is 9.12. The lowest BCUT2D eigenvalue weighted by Crippen LogP contribution is -2.07. The highest BCUT2D eigenvalue weighted by Crippen LogP contribution is 2.23. The Balaban J connectivity index is 2.86. The van der Waals surface area contributed by atoms with E-state index in [1.165, 1.54) is 0 Å².